The number of carbonyl (C=O) groups excluding carboxylic acids is 2. The molecular weight excluding hydrogens is 350 g/mol. The number of terminal acetylenes is 1. The molecule has 2 unspecified atom stereocenters. The first-order valence-corrected chi connectivity index (χ1v) is 9.24. The lowest BCUT2D eigenvalue weighted by Gasteiger charge is -2.38. The van der Waals surface area contributed by atoms with Gasteiger partial charge in [0, 0.05) is 24.1 Å². The highest BCUT2D eigenvalue weighted by molar-refractivity contribution is 5.98. The largest absolute Gasteiger partial charge is 0.468 e. The van der Waals surface area contributed by atoms with E-state index < -0.39 is 17.3 Å². The van der Waals surface area contributed by atoms with E-state index in [2.05, 4.69) is 5.92 Å². The van der Waals surface area contributed by atoms with Gasteiger partial charge in [-0.2, -0.15) is 0 Å². The van der Waals surface area contributed by atoms with Gasteiger partial charge in [-0.15, -0.1) is 6.42 Å². The van der Waals surface area contributed by atoms with Gasteiger partial charge in [-0.3, -0.25) is 9.59 Å². The number of Topliss-reactive ketones (excluding diaryl/α,β-unsaturated/α-hetero) is 1. The third kappa shape index (κ3) is 2.63. The standard InChI is InChI=1S/C24H21NO3/c1-4-24(23(27)28-3)15-25-12-11-17-8-6-10-19(22(17)25)20(24)14-21(26)18-9-5-7-16(2)13-18/h1,5-13,20H,14-15H2,2-3H3. The number of aromatic nitrogens is 1. The molecule has 0 amide bonds. The second kappa shape index (κ2) is 6.69. The van der Waals surface area contributed by atoms with Gasteiger partial charge in [0.05, 0.1) is 19.2 Å². The van der Waals surface area contributed by atoms with Crippen LogP contribution >= 0.6 is 0 Å². The van der Waals surface area contributed by atoms with Crippen molar-refractivity contribution in [2.75, 3.05) is 7.11 Å². The number of para-hydroxylation sites is 1. The van der Waals surface area contributed by atoms with E-state index >= 15 is 0 Å². The summed E-state index contributed by atoms with van der Waals surface area (Å²) < 4.78 is 7.10. The van der Waals surface area contributed by atoms with Crippen LogP contribution in [-0.2, 0) is 16.1 Å². The van der Waals surface area contributed by atoms with Crippen LogP contribution in [0.15, 0.2) is 54.7 Å². The predicted molar refractivity (Wildman–Crippen MR) is 108 cm³/mol. The molecule has 3 aromatic rings. The number of ether oxygens (including phenoxy) is 1. The summed E-state index contributed by atoms with van der Waals surface area (Å²) in [4.78, 5) is 26.0. The zero-order valence-electron chi connectivity index (χ0n) is 15.9. The van der Waals surface area contributed by atoms with Crippen LogP contribution in [0.2, 0.25) is 0 Å². The minimum Gasteiger partial charge on any atom is -0.468 e. The summed E-state index contributed by atoms with van der Waals surface area (Å²) in [6.07, 6.45) is 8.00. The van der Waals surface area contributed by atoms with Crippen LogP contribution in [0.5, 0.6) is 0 Å². The molecule has 0 saturated carbocycles. The lowest BCUT2D eigenvalue weighted by molar-refractivity contribution is -0.151. The van der Waals surface area contributed by atoms with Crippen molar-refractivity contribution in [1.82, 2.24) is 4.57 Å². The number of methoxy groups -OCH3 is 1. The van der Waals surface area contributed by atoms with Gasteiger partial charge in [0.2, 0.25) is 0 Å². The topological polar surface area (TPSA) is 48.3 Å². The maximum Gasteiger partial charge on any atom is 0.326 e. The van der Waals surface area contributed by atoms with Gasteiger partial charge < -0.3 is 9.30 Å². The number of rotatable bonds is 4. The van der Waals surface area contributed by atoms with Crippen molar-refractivity contribution in [3.8, 4) is 12.3 Å². The van der Waals surface area contributed by atoms with Gasteiger partial charge in [-0.05, 0) is 30.0 Å². The Bertz CT molecular complexity index is 1130. The molecule has 2 atom stereocenters. The Kier molecular flexibility index (Phi) is 4.31. The average Bonchev–Trinajstić information content (AvgIpc) is 3.13. The van der Waals surface area contributed by atoms with E-state index in [-0.39, 0.29) is 12.2 Å². The van der Waals surface area contributed by atoms with Crippen LogP contribution < -0.4 is 0 Å². The van der Waals surface area contributed by atoms with E-state index in [1.165, 1.54) is 7.11 Å². The lowest BCUT2D eigenvalue weighted by Crippen LogP contribution is -2.44. The van der Waals surface area contributed by atoms with Gasteiger partial charge in [0.1, 0.15) is 0 Å². The van der Waals surface area contributed by atoms with Crippen LogP contribution in [0.4, 0.5) is 0 Å². The molecule has 0 fully saturated rings. The summed E-state index contributed by atoms with van der Waals surface area (Å²) in [5, 5.41) is 1.07. The first-order chi connectivity index (χ1) is 13.5. The van der Waals surface area contributed by atoms with E-state index in [0.717, 1.165) is 22.0 Å². The number of carbonyl (C=O) groups is 2. The van der Waals surface area contributed by atoms with Gasteiger partial charge in [0.25, 0.3) is 0 Å². The lowest BCUT2D eigenvalue weighted by atomic mass is 9.67. The number of ketones is 1. The monoisotopic (exact) mass is 371 g/mol. The van der Waals surface area contributed by atoms with Crippen LogP contribution in [0.1, 0.15) is 33.8 Å². The SMILES string of the molecule is C#CC1(C(=O)OC)Cn2ccc3cccc(c32)C1CC(=O)c1cccc(C)c1. The Labute approximate surface area is 164 Å². The van der Waals surface area contributed by atoms with Crippen molar-refractivity contribution in [2.24, 2.45) is 5.41 Å². The molecule has 0 radical (unpaired) electrons. The molecule has 140 valence electrons. The minimum absolute atomic E-state index is 0.0331. The molecule has 4 nitrogen and oxygen atoms in total. The number of nitrogens with zero attached hydrogens (tertiary/aromatic N) is 1. The smallest absolute Gasteiger partial charge is 0.326 e. The Balaban J connectivity index is 1.86. The third-order valence-corrected chi connectivity index (χ3v) is 5.75. The molecule has 2 aromatic carbocycles. The van der Waals surface area contributed by atoms with Crippen LogP contribution in [0.3, 0.4) is 0 Å². The fraction of sp³-hybridized carbons (Fsp3) is 0.250. The second-order valence-corrected chi connectivity index (χ2v) is 7.39. The summed E-state index contributed by atoms with van der Waals surface area (Å²) in [5.41, 5.74) is 2.36. The third-order valence-electron chi connectivity index (χ3n) is 5.75. The molecule has 4 rings (SSSR count). The van der Waals surface area contributed by atoms with Crippen molar-refractivity contribution < 1.29 is 14.3 Å². The predicted octanol–water partition coefficient (Wildman–Crippen LogP) is 4.11. The summed E-state index contributed by atoms with van der Waals surface area (Å²) in [7, 11) is 1.34. The molecular formula is C24H21NO3. The molecule has 1 aliphatic heterocycles. The molecule has 0 aliphatic carbocycles. The average molecular weight is 371 g/mol. The Morgan fingerprint density at radius 3 is 2.75 bits per heavy atom. The van der Waals surface area contributed by atoms with E-state index in [1.54, 1.807) is 6.07 Å². The zero-order chi connectivity index (χ0) is 19.9. The van der Waals surface area contributed by atoms with Crippen molar-refractivity contribution in [3.05, 3.63) is 71.4 Å². The Morgan fingerprint density at radius 1 is 1.25 bits per heavy atom. The van der Waals surface area contributed by atoms with Gasteiger partial charge in [-0.1, -0.05) is 47.9 Å². The van der Waals surface area contributed by atoms with Crippen molar-refractivity contribution >= 4 is 22.7 Å². The fourth-order valence-corrected chi connectivity index (χ4v) is 4.35. The van der Waals surface area contributed by atoms with Crippen molar-refractivity contribution in [2.45, 2.75) is 25.8 Å². The van der Waals surface area contributed by atoms with Crippen LogP contribution in [-0.4, -0.2) is 23.4 Å². The number of esters is 1. The van der Waals surface area contributed by atoms with E-state index in [1.807, 2.05) is 60.2 Å². The summed E-state index contributed by atoms with van der Waals surface area (Å²) in [5.74, 6) is 1.75. The molecule has 1 aliphatic rings. The number of benzene rings is 2. The van der Waals surface area contributed by atoms with E-state index in [9.17, 15) is 9.59 Å². The molecule has 1 aromatic heterocycles. The normalized spacial score (nSPS) is 20.5. The van der Waals surface area contributed by atoms with Gasteiger partial charge in [-0.25, -0.2) is 0 Å². The molecule has 4 heteroatoms. The molecule has 0 saturated heterocycles. The quantitative estimate of drug-likeness (QED) is 0.394. The van der Waals surface area contributed by atoms with Crippen LogP contribution in [0, 0.1) is 24.7 Å². The maximum absolute atomic E-state index is 13.1. The highest BCUT2D eigenvalue weighted by Crippen LogP contribution is 2.48. The number of aryl methyl sites for hydroxylation is 1. The van der Waals surface area contributed by atoms with E-state index in [4.69, 9.17) is 11.2 Å². The Hall–Kier alpha value is -3.32. The zero-order valence-corrected chi connectivity index (χ0v) is 15.9. The fourth-order valence-electron chi connectivity index (χ4n) is 4.35. The summed E-state index contributed by atoms with van der Waals surface area (Å²) >= 11 is 0. The number of hydrogen-bond donors (Lipinski definition) is 0. The highest BCUT2D eigenvalue weighted by atomic mass is 16.5. The molecule has 0 N–H and O–H groups in total. The maximum atomic E-state index is 13.1. The number of hydrogen-bond acceptors (Lipinski definition) is 3. The van der Waals surface area contributed by atoms with Crippen molar-refractivity contribution in [3.63, 3.8) is 0 Å². The second-order valence-electron chi connectivity index (χ2n) is 7.39. The van der Waals surface area contributed by atoms with Crippen LogP contribution in [0.25, 0.3) is 10.9 Å². The molecule has 0 bridgehead atoms. The molecule has 28 heavy (non-hydrogen) atoms. The Morgan fingerprint density at radius 2 is 2.04 bits per heavy atom. The molecule has 2 heterocycles. The van der Waals surface area contributed by atoms with Gasteiger partial charge >= 0.3 is 5.97 Å². The first kappa shape index (κ1) is 18.1. The highest BCUT2D eigenvalue weighted by Gasteiger charge is 2.50. The summed E-state index contributed by atoms with van der Waals surface area (Å²) in [6.45, 7) is 2.24. The molecule has 0 spiro atoms. The van der Waals surface area contributed by atoms with Gasteiger partial charge in [0.15, 0.2) is 11.2 Å². The first-order valence-electron chi connectivity index (χ1n) is 9.24. The minimum atomic E-state index is -1.23. The van der Waals surface area contributed by atoms with Crippen molar-refractivity contribution in [1.29, 1.82) is 0 Å². The summed E-state index contributed by atoms with van der Waals surface area (Å²) in [6, 6.07) is 15.4. The van der Waals surface area contributed by atoms with E-state index in [0.29, 0.717) is 12.1 Å².